The largest absolute Gasteiger partial charge is 0.335 e. The average Bonchev–Trinajstić information content (AvgIpc) is 3.27. The standard InChI is InChI=1S/C17H24N4OS/c1-12-14-11-15(23-17(14)19(2)18-12)16(22)21-9-7-20(8-10-21)13-5-3-4-6-13/h11,13H,3-10H2,1-2H3. The number of piperazine rings is 1. The maximum absolute atomic E-state index is 12.8. The van der Waals surface area contributed by atoms with E-state index in [-0.39, 0.29) is 5.91 Å². The average molecular weight is 332 g/mol. The van der Waals surface area contributed by atoms with Crippen LogP contribution in [0.5, 0.6) is 0 Å². The maximum atomic E-state index is 12.8. The molecule has 0 bridgehead atoms. The van der Waals surface area contributed by atoms with Gasteiger partial charge in [-0.2, -0.15) is 5.10 Å². The van der Waals surface area contributed by atoms with Gasteiger partial charge < -0.3 is 4.90 Å². The third-order valence-electron chi connectivity index (χ3n) is 5.35. The van der Waals surface area contributed by atoms with Crippen molar-refractivity contribution in [3.05, 3.63) is 16.6 Å². The molecular weight excluding hydrogens is 308 g/mol. The van der Waals surface area contributed by atoms with Gasteiger partial charge >= 0.3 is 0 Å². The first-order valence-electron chi connectivity index (χ1n) is 8.60. The van der Waals surface area contributed by atoms with Gasteiger partial charge in [-0.05, 0) is 25.8 Å². The lowest BCUT2D eigenvalue weighted by atomic mass is 10.2. The second kappa shape index (κ2) is 5.91. The molecule has 0 spiro atoms. The molecule has 5 nitrogen and oxygen atoms in total. The first-order chi connectivity index (χ1) is 11.1. The SMILES string of the molecule is Cc1nn(C)c2sc(C(=O)N3CCN(C4CCCC4)CC3)cc12. The molecule has 23 heavy (non-hydrogen) atoms. The number of thiophene rings is 1. The van der Waals surface area contributed by atoms with Crippen LogP contribution < -0.4 is 0 Å². The summed E-state index contributed by atoms with van der Waals surface area (Å²) in [4.78, 5) is 19.4. The molecule has 1 aliphatic heterocycles. The first-order valence-corrected chi connectivity index (χ1v) is 9.41. The van der Waals surface area contributed by atoms with Crippen LogP contribution >= 0.6 is 11.3 Å². The minimum Gasteiger partial charge on any atom is -0.335 e. The third kappa shape index (κ3) is 2.68. The van der Waals surface area contributed by atoms with Gasteiger partial charge in [-0.3, -0.25) is 14.4 Å². The summed E-state index contributed by atoms with van der Waals surface area (Å²) in [5.41, 5.74) is 1.00. The zero-order valence-corrected chi connectivity index (χ0v) is 14.7. The number of carbonyl (C=O) groups is 1. The van der Waals surface area contributed by atoms with Gasteiger partial charge in [-0.1, -0.05) is 12.8 Å². The van der Waals surface area contributed by atoms with E-state index >= 15 is 0 Å². The molecule has 2 aromatic rings. The highest BCUT2D eigenvalue weighted by atomic mass is 32.1. The second-order valence-corrected chi connectivity index (χ2v) is 7.84. The zero-order valence-electron chi connectivity index (χ0n) is 13.9. The molecule has 4 rings (SSSR count). The molecule has 2 aromatic heterocycles. The van der Waals surface area contributed by atoms with E-state index in [2.05, 4.69) is 10.00 Å². The van der Waals surface area contributed by atoms with Crippen LogP contribution in [0.1, 0.15) is 41.0 Å². The highest BCUT2D eigenvalue weighted by molar-refractivity contribution is 7.20. The number of carbonyl (C=O) groups excluding carboxylic acids is 1. The Hall–Kier alpha value is -1.40. The summed E-state index contributed by atoms with van der Waals surface area (Å²) in [6, 6.07) is 2.79. The Balaban J connectivity index is 1.45. The molecule has 6 heteroatoms. The van der Waals surface area contributed by atoms with Gasteiger partial charge in [-0.15, -0.1) is 11.3 Å². The van der Waals surface area contributed by atoms with Crippen molar-refractivity contribution in [3.8, 4) is 0 Å². The summed E-state index contributed by atoms with van der Waals surface area (Å²) in [7, 11) is 1.94. The Morgan fingerprint density at radius 2 is 1.91 bits per heavy atom. The van der Waals surface area contributed by atoms with Gasteiger partial charge in [0.2, 0.25) is 0 Å². The van der Waals surface area contributed by atoms with Crippen LogP contribution in [0.4, 0.5) is 0 Å². The molecule has 3 heterocycles. The van der Waals surface area contributed by atoms with Crippen molar-refractivity contribution in [2.75, 3.05) is 26.2 Å². The molecule has 0 atom stereocenters. The van der Waals surface area contributed by atoms with Crippen LogP contribution in [0.25, 0.3) is 10.2 Å². The van der Waals surface area contributed by atoms with E-state index in [4.69, 9.17) is 0 Å². The number of fused-ring (bicyclic) bond motifs is 1. The minimum absolute atomic E-state index is 0.191. The fourth-order valence-corrected chi connectivity index (χ4v) is 5.12. The number of aromatic nitrogens is 2. The molecule has 1 saturated carbocycles. The molecule has 1 amide bonds. The van der Waals surface area contributed by atoms with Gasteiger partial charge in [0.15, 0.2) is 0 Å². The predicted molar refractivity (Wildman–Crippen MR) is 93.1 cm³/mol. The summed E-state index contributed by atoms with van der Waals surface area (Å²) in [6.45, 7) is 5.79. The Labute approximate surface area is 140 Å². The van der Waals surface area contributed by atoms with Crippen LogP contribution in [0.2, 0.25) is 0 Å². The van der Waals surface area contributed by atoms with Gasteiger partial charge in [0, 0.05) is 44.7 Å². The summed E-state index contributed by atoms with van der Waals surface area (Å²) < 4.78 is 1.88. The molecule has 1 saturated heterocycles. The number of aryl methyl sites for hydroxylation is 2. The number of hydrogen-bond donors (Lipinski definition) is 0. The first kappa shape index (κ1) is 15.1. The van der Waals surface area contributed by atoms with Crippen LogP contribution in [-0.2, 0) is 7.05 Å². The van der Waals surface area contributed by atoms with Crippen LogP contribution in [0.3, 0.4) is 0 Å². The highest BCUT2D eigenvalue weighted by Gasteiger charge is 2.29. The number of hydrogen-bond acceptors (Lipinski definition) is 4. The van der Waals surface area contributed by atoms with E-state index < -0.39 is 0 Å². The second-order valence-electron chi connectivity index (χ2n) is 6.80. The minimum atomic E-state index is 0.191. The monoisotopic (exact) mass is 332 g/mol. The van der Waals surface area contributed by atoms with Crippen molar-refractivity contribution in [3.63, 3.8) is 0 Å². The summed E-state index contributed by atoms with van der Waals surface area (Å²) >= 11 is 1.57. The molecular formula is C17H24N4OS. The van der Waals surface area contributed by atoms with E-state index in [1.807, 2.05) is 29.6 Å². The van der Waals surface area contributed by atoms with E-state index in [1.54, 1.807) is 11.3 Å². The smallest absolute Gasteiger partial charge is 0.264 e. The maximum Gasteiger partial charge on any atom is 0.264 e. The summed E-state index contributed by atoms with van der Waals surface area (Å²) in [5, 5.41) is 5.53. The molecule has 1 aliphatic carbocycles. The van der Waals surface area contributed by atoms with Gasteiger partial charge in [0.1, 0.15) is 4.83 Å². The van der Waals surface area contributed by atoms with Crippen LogP contribution in [-0.4, -0.2) is 57.7 Å². The van der Waals surface area contributed by atoms with Crippen LogP contribution in [0.15, 0.2) is 6.07 Å². The van der Waals surface area contributed by atoms with Crippen molar-refractivity contribution >= 4 is 27.5 Å². The molecule has 0 N–H and O–H groups in total. The summed E-state index contributed by atoms with van der Waals surface area (Å²) in [6.07, 6.45) is 5.44. The fraction of sp³-hybridized carbons (Fsp3) is 0.647. The normalized spacial score (nSPS) is 20.7. The van der Waals surface area contributed by atoms with Crippen molar-refractivity contribution in [1.29, 1.82) is 0 Å². The van der Waals surface area contributed by atoms with E-state index in [9.17, 15) is 4.79 Å². The van der Waals surface area contributed by atoms with Crippen molar-refractivity contribution < 1.29 is 4.79 Å². The predicted octanol–water partition coefficient (Wildman–Crippen LogP) is 2.64. The van der Waals surface area contributed by atoms with Crippen molar-refractivity contribution in [2.45, 2.75) is 38.6 Å². The zero-order chi connectivity index (χ0) is 16.0. The topological polar surface area (TPSA) is 41.4 Å². The Morgan fingerprint density at radius 3 is 2.57 bits per heavy atom. The van der Waals surface area contributed by atoms with E-state index in [0.29, 0.717) is 0 Å². The molecule has 2 aliphatic rings. The molecule has 124 valence electrons. The molecule has 0 aromatic carbocycles. The van der Waals surface area contributed by atoms with Gasteiger partial charge in [0.05, 0.1) is 10.6 Å². The number of amides is 1. The Morgan fingerprint density at radius 1 is 1.22 bits per heavy atom. The van der Waals surface area contributed by atoms with Gasteiger partial charge in [0.25, 0.3) is 5.91 Å². The summed E-state index contributed by atoms with van der Waals surface area (Å²) in [5.74, 6) is 0.191. The van der Waals surface area contributed by atoms with E-state index in [1.165, 1.54) is 25.7 Å². The Bertz CT molecular complexity index is 686. The van der Waals surface area contributed by atoms with Crippen molar-refractivity contribution in [1.82, 2.24) is 19.6 Å². The third-order valence-corrected chi connectivity index (χ3v) is 6.54. The number of nitrogens with zero attached hydrogens (tertiary/aromatic N) is 4. The molecule has 2 fully saturated rings. The lowest BCUT2D eigenvalue weighted by molar-refractivity contribution is 0.0578. The van der Waals surface area contributed by atoms with E-state index in [0.717, 1.165) is 53.0 Å². The van der Waals surface area contributed by atoms with Crippen LogP contribution in [0, 0.1) is 6.92 Å². The van der Waals surface area contributed by atoms with Gasteiger partial charge in [-0.25, -0.2) is 0 Å². The molecule has 0 radical (unpaired) electrons. The highest BCUT2D eigenvalue weighted by Crippen LogP contribution is 2.29. The fourth-order valence-electron chi connectivity index (χ4n) is 4.03. The lowest BCUT2D eigenvalue weighted by Crippen LogP contribution is -2.51. The quantitative estimate of drug-likeness (QED) is 0.849. The lowest BCUT2D eigenvalue weighted by Gasteiger charge is -2.37. The molecule has 0 unspecified atom stereocenters. The Kier molecular flexibility index (Phi) is 3.89. The van der Waals surface area contributed by atoms with Crippen molar-refractivity contribution in [2.24, 2.45) is 7.05 Å². The number of rotatable bonds is 2.